The zero-order valence-corrected chi connectivity index (χ0v) is 14.3. The van der Waals surface area contributed by atoms with Gasteiger partial charge in [0.1, 0.15) is 5.75 Å². The Morgan fingerprint density at radius 3 is 2.60 bits per heavy atom. The van der Waals surface area contributed by atoms with Gasteiger partial charge >= 0.3 is 0 Å². The third-order valence-electron chi connectivity index (χ3n) is 3.26. The Balaban J connectivity index is 1.73. The van der Waals surface area contributed by atoms with E-state index in [0.29, 0.717) is 23.7 Å². The summed E-state index contributed by atoms with van der Waals surface area (Å²) in [5, 5.41) is 10.9. The Labute approximate surface area is 148 Å². The number of rotatable bonds is 7. The maximum absolute atomic E-state index is 13.1. The van der Waals surface area contributed by atoms with Crippen LogP contribution in [0.5, 0.6) is 5.75 Å². The summed E-state index contributed by atoms with van der Waals surface area (Å²) in [6, 6.07) is 12.0. The first-order chi connectivity index (χ1) is 12.0. The van der Waals surface area contributed by atoms with Gasteiger partial charge in [-0.25, -0.2) is 8.78 Å². The van der Waals surface area contributed by atoms with E-state index >= 15 is 0 Å². The molecule has 0 spiro atoms. The normalized spacial score (nSPS) is 11.4. The first-order valence-corrected chi connectivity index (χ1v) is 8.55. The van der Waals surface area contributed by atoms with Crippen LogP contribution in [-0.2, 0) is 4.79 Å². The lowest BCUT2D eigenvalue weighted by molar-refractivity contribution is -0.115. The predicted octanol–water partition coefficient (Wildman–Crippen LogP) is 3.98. The van der Waals surface area contributed by atoms with Crippen molar-refractivity contribution in [3.63, 3.8) is 0 Å². The van der Waals surface area contributed by atoms with E-state index in [0.717, 1.165) is 12.1 Å². The second kappa shape index (κ2) is 9.04. The molecular weight excluding hydrogens is 346 g/mol. The molecule has 2 rings (SSSR count). The van der Waals surface area contributed by atoms with Crippen molar-refractivity contribution in [1.82, 2.24) is 0 Å². The molecule has 130 valence electrons. The molecule has 25 heavy (non-hydrogen) atoms. The van der Waals surface area contributed by atoms with E-state index in [1.54, 1.807) is 31.2 Å². The zero-order valence-electron chi connectivity index (χ0n) is 13.5. The van der Waals surface area contributed by atoms with E-state index in [1.165, 1.54) is 17.8 Å². The lowest BCUT2D eigenvalue weighted by Crippen LogP contribution is -2.23. The minimum Gasteiger partial charge on any atom is -0.493 e. The maximum Gasteiger partial charge on any atom is 0.237 e. The van der Waals surface area contributed by atoms with Gasteiger partial charge in [0.05, 0.1) is 23.5 Å². The van der Waals surface area contributed by atoms with Gasteiger partial charge in [-0.3, -0.25) is 4.79 Å². The number of nitrogens with zero attached hydrogens (tertiary/aromatic N) is 1. The Morgan fingerprint density at radius 2 is 1.96 bits per heavy atom. The molecule has 1 N–H and O–H groups in total. The van der Waals surface area contributed by atoms with Crippen LogP contribution in [0.2, 0.25) is 0 Å². The fraction of sp³-hybridized carbons (Fsp3) is 0.222. The SMILES string of the molecule is C[C@H](SCCOc1ccc(C#N)cc1)C(=O)Nc1ccc(F)c(F)c1. The molecule has 4 nitrogen and oxygen atoms in total. The summed E-state index contributed by atoms with van der Waals surface area (Å²) >= 11 is 1.38. The average molecular weight is 362 g/mol. The van der Waals surface area contributed by atoms with Gasteiger partial charge in [-0.1, -0.05) is 0 Å². The Morgan fingerprint density at radius 1 is 1.24 bits per heavy atom. The number of benzene rings is 2. The van der Waals surface area contributed by atoms with Crippen molar-refractivity contribution in [2.75, 3.05) is 17.7 Å². The van der Waals surface area contributed by atoms with Gasteiger partial charge in [0.15, 0.2) is 11.6 Å². The second-order valence-corrected chi connectivity index (χ2v) is 6.56. The van der Waals surface area contributed by atoms with E-state index in [1.807, 2.05) is 6.07 Å². The van der Waals surface area contributed by atoms with E-state index < -0.39 is 11.6 Å². The molecule has 0 aliphatic heterocycles. The number of thioether (sulfide) groups is 1. The molecule has 0 heterocycles. The fourth-order valence-electron chi connectivity index (χ4n) is 1.90. The number of nitriles is 1. The molecule has 0 aromatic heterocycles. The lowest BCUT2D eigenvalue weighted by atomic mass is 10.2. The minimum atomic E-state index is -1.01. The predicted molar refractivity (Wildman–Crippen MR) is 93.6 cm³/mol. The molecule has 0 aliphatic rings. The monoisotopic (exact) mass is 362 g/mol. The number of carbonyl (C=O) groups excluding carboxylic acids is 1. The van der Waals surface area contributed by atoms with Crippen LogP contribution in [0.15, 0.2) is 42.5 Å². The second-order valence-electron chi connectivity index (χ2n) is 5.12. The molecule has 2 aromatic rings. The van der Waals surface area contributed by atoms with Gasteiger partial charge in [-0.05, 0) is 43.3 Å². The highest BCUT2D eigenvalue weighted by Gasteiger charge is 2.14. The van der Waals surface area contributed by atoms with E-state index in [4.69, 9.17) is 10.00 Å². The highest BCUT2D eigenvalue weighted by molar-refractivity contribution is 8.00. The van der Waals surface area contributed by atoms with Crippen LogP contribution in [0.3, 0.4) is 0 Å². The lowest BCUT2D eigenvalue weighted by Gasteiger charge is -2.12. The quantitative estimate of drug-likeness (QED) is 0.757. The summed E-state index contributed by atoms with van der Waals surface area (Å²) in [6.45, 7) is 2.13. The van der Waals surface area contributed by atoms with Crippen LogP contribution < -0.4 is 10.1 Å². The molecule has 0 bridgehead atoms. The van der Waals surface area contributed by atoms with E-state index in [2.05, 4.69) is 5.32 Å². The number of amides is 1. The van der Waals surface area contributed by atoms with Crippen molar-refractivity contribution < 1.29 is 18.3 Å². The zero-order chi connectivity index (χ0) is 18.2. The smallest absolute Gasteiger partial charge is 0.237 e. The van der Waals surface area contributed by atoms with Crippen molar-refractivity contribution >= 4 is 23.4 Å². The Bertz CT molecular complexity index is 776. The fourth-order valence-corrected chi connectivity index (χ4v) is 2.65. The summed E-state index contributed by atoms with van der Waals surface area (Å²) in [5.41, 5.74) is 0.773. The van der Waals surface area contributed by atoms with Gasteiger partial charge < -0.3 is 10.1 Å². The summed E-state index contributed by atoms with van der Waals surface area (Å²) < 4.78 is 31.5. The molecule has 2 aromatic carbocycles. The number of anilines is 1. The first-order valence-electron chi connectivity index (χ1n) is 7.50. The molecule has 0 radical (unpaired) electrons. The number of hydrogen-bond donors (Lipinski definition) is 1. The summed E-state index contributed by atoms with van der Waals surface area (Å²) in [6.07, 6.45) is 0. The highest BCUT2D eigenvalue weighted by atomic mass is 32.2. The van der Waals surface area contributed by atoms with Gasteiger partial charge in [0.2, 0.25) is 5.91 Å². The number of ether oxygens (including phenoxy) is 1. The molecule has 0 saturated carbocycles. The summed E-state index contributed by atoms with van der Waals surface area (Å²) in [4.78, 5) is 12.0. The standard InChI is InChI=1S/C18H16F2N2O2S/c1-12(18(23)22-14-4-7-16(19)17(20)10-14)25-9-8-24-15-5-2-13(11-21)3-6-15/h2-7,10,12H,8-9H2,1H3,(H,22,23)/t12-/m0/s1. The van der Waals surface area contributed by atoms with E-state index in [9.17, 15) is 13.6 Å². The molecule has 1 amide bonds. The van der Waals surface area contributed by atoms with Gasteiger partial charge in [-0.2, -0.15) is 5.26 Å². The van der Waals surface area contributed by atoms with E-state index in [-0.39, 0.29) is 16.8 Å². The molecule has 0 unspecified atom stereocenters. The first kappa shape index (κ1) is 18.7. The van der Waals surface area contributed by atoms with Crippen molar-refractivity contribution in [2.45, 2.75) is 12.2 Å². The summed E-state index contributed by atoms with van der Waals surface area (Å²) in [5.74, 6) is -1.03. The summed E-state index contributed by atoms with van der Waals surface area (Å²) in [7, 11) is 0. The average Bonchev–Trinajstić information content (AvgIpc) is 2.62. The van der Waals surface area contributed by atoms with Crippen molar-refractivity contribution in [3.8, 4) is 11.8 Å². The highest BCUT2D eigenvalue weighted by Crippen LogP contribution is 2.17. The third-order valence-corrected chi connectivity index (χ3v) is 4.38. The number of halogens is 2. The van der Waals surface area contributed by atoms with Crippen LogP contribution in [0.25, 0.3) is 0 Å². The number of hydrogen-bond acceptors (Lipinski definition) is 4. The number of nitrogens with one attached hydrogen (secondary N) is 1. The van der Waals surface area contributed by atoms with Gasteiger partial charge in [0.25, 0.3) is 0 Å². The molecule has 1 atom stereocenters. The Kier molecular flexibility index (Phi) is 6.78. The molecule has 0 saturated heterocycles. The Hall–Kier alpha value is -2.59. The van der Waals surface area contributed by atoms with Crippen molar-refractivity contribution in [2.24, 2.45) is 0 Å². The molecular formula is C18H16F2N2O2S. The third kappa shape index (κ3) is 5.76. The topological polar surface area (TPSA) is 62.1 Å². The van der Waals surface area contributed by atoms with Crippen molar-refractivity contribution in [3.05, 3.63) is 59.7 Å². The number of carbonyl (C=O) groups is 1. The van der Waals surface area contributed by atoms with Crippen LogP contribution >= 0.6 is 11.8 Å². The van der Waals surface area contributed by atoms with Gasteiger partial charge in [0, 0.05) is 17.5 Å². The molecule has 7 heteroatoms. The maximum atomic E-state index is 13.1. The van der Waals surface area contributed by atoms with Crippen LogP contribution in [0.1, 0.15) is 12.5 Å². The van der Waals surface area contributed by atoms with Crippen molar-refractivity contribution in [1.29, 1.82) is 5.26 Å². The molecule has 0 aliphatic carbocycles. The molecule has 0 fully saturated rings. The van der Waals surface area contributed by atoms with Crippen LogP contribution in [0.4, 0.5) is 14.5 Å². The van der Waals surface area contributed by atoms with Crippen LogP contribution in [0, 0.1) is 23.0 Å². The largest absolute Gasteiger partial charge is 0.493 e. The van der Waals surface area contributed by atoms with Crippen LogP contribution in [-0.4, -0.2) is 23.5 Å². The minimum absolute atomic E-state index is 0.213. The van der Waals surface area contributed by atoms with Gasteiger partial charge in [-0.15, -0.1) is 11.8 Å².